The van der Waals surface area contributed by atoms with Crippen LogP contribution in [0.5, 0.6) is 0 Å². The summed E-state index contributed by atoms with van der Waals surface area (Å²) in [5.41, 5.74) is 0. The highest BCUT2D eigenvalue weighted by atomic mass is 31.2. The first-order valence-corrected chi connectivity index (χ1v) is 7.94. The van der Waals surface area contributed by atoms with Crippen LogP contribution in [0.25, 0.3) is 0 Å². The third-order valence-electron chi connectivity index (χ3n) is 2.02. The van der Waals surface area contributed by atoms with Gasteiger partial charge < -0.3 is 29.3 Å². The van der Waals surface area contributed by atoms with Gasteiger partial charge in [0.25, 0.3) is 0 Å². The Hall–Kier alpha value is -0.750. The maximum absolute atomic E-state index is 11.8. The number of phosphoric ester groups is 1. The van der Waals surface area contributed by atoms with E-state index in [-0.39, 0.29) is 52.8 Å². The molecule has 1 amide bonds. The number of ether oxygens (including phenoxy) is 3. The predicted molar refractivity (Wildman–Crippen MR) is 69.5 cm³/mol. The van der Waals surface area contributed by atoms with Gasteiger partial charge in [-0.3, -0.25) is 9.32 Å². The summed E-state index contributed by atoms with van der Waals surface area (Å²) in [4.78, 5) is 27.1. The second kappa shape index (κ2) is 11.7. The monoisotopic (exact) mass is 369 g/mol. The third kappa shape index (κ3) is 15.9. The highest BCUT2D eigenvalue weighted by Crippen LogP contribution is 2.35. The van der Waals surface area contributed by atoms with Gasteiger partial charge in [0.1, 0.15) is 0 Å². The molecule has 0 aromatic rings. The lowest BCUT2D eigenvalue weighted by Gasteiger charge is -2.09. The zero-order chi connectivity index (χ0) is 17.8. The SMILES string of the molecule is O=C(NCCOCCOCCOCCOP(=O)(O)O)C(F)(F)F. The van der Waals surface area contributed by atoms with Gasteiger partial charge in [0.15, 0.2) is 0 Å². The number of carbonyl (C=O) groups excluding carboxylic acids is 1. The standard InChI is InChI=1S/C10H19F3NO8P/c11-10(12,13)9(15)14-1-2-19-3-4-20-5-6-21-7-8-22-23(16,17)18/h1-8H2,(H,14,15)(H2,16,17,18). The Bertz CT molecular complexity index is 376. The summed E-state index contributed by atoms with van der Waals surface area (Å²) < 4.78 is 64.8. The molecule has 0 fully saturated rings. The average Bonchev–Trinajstić information content (AvgIpc) is 2.41. The summed E-state index contributed by atoms with van der Waals surface area (Å²) in [7, 11) is -4.48. The van der Waals surface area contributed by atoms with Gasteiger partial charge in [-0.25, -0.2) is 4.57 Å². The van der Waals surface area contributed by atoms with Crippen LogP contribution in [-0.2, 0) is 28.1 Å². The van der Waals surface area contributed by atoms with Crippen molar-refractivity contribution in [1.82, 2.24) is 5.32 Å². The first-order valence-electron chi connectivity index (χ1n) is 6.41. The van der Waals surface area contributed by atoms with Crippen LogP contribution >= 0.6 is 7.82 Å². The number of nitrogens with one attached hydrogen (secondary N) is 1. The van der Waals surface area contributed by atoms with Gasteiger partial charge in [0.2, 0.25) is 0 Å². The molecule has 3 N–H and O–H groups in total. The number of halogens is 3. The van der Waals surface area contributed by atoms with Crippen LogP contribution in [0.3, 0.4) is 0 Å². The number of rotatable bonds is 13. The summed E-state index contributed by atoms with van der Waals surface area (Å²) >= 11 is 0. The van der Waals surface area contributed by atoms with E-state index in [1.165, 1.54) is 0 Å². The van der Waals surface area contributed by atoms with Gasteiger partial charge >= 0.3 is 19.9 Å². The van der Waals surface area contributed by atoms with E-state index < -0.39 is 19.9 Å². The normalized spacial score (nSPS) is 12.4. The van der Waals surface area contributed by atoms with Gasteiger partial charge in [0, 0.05) is 6.54 Å². The van der Waals surface area contributed by atoms with E-state index in [1.807, 2.05) is 0 Å². The van der Waals surface area contributed by atoms with Crippen molar-refractivity contribution in [2.45, 2.75) is 6.18 Å². The van der Waals surface area contributed by atoms with Crippen molar-refractivity contribution in [3.63, 3.8) is 0 Å². The molecule has 23 heavy (non-hydrogen) atoms. The van der Waals surface area contributed by atoms with E-state index in [0.29, 0.717) is 0 Å². The van der Waals surface area contributed by atoms with Crippen LogP contribution in [0.15, 0.2) is 0 Å². The molecule has 0 aliphatic heterocycles. The maximum atomic E-state index is 11.8. The average molecular weight is 369 g/mol. The molecule has 0 saturated carbocycles. The Kier molecular flexibility index (Phi) is 11.4. The lowest BCUT2D eigenvalue weighted by Crippen LogP contribution is -2.38. The van der Waals surface area contributed by atoms with Crippen molar-refractivity contribution < 1.29 is 51.1 Å². The van der Waals surface area contributed by atoms with Crippen LogP contribution in [0.1, 0.15) is 0 Å². The highest BCUT2D eigenvalue weighted by molar-refractivity contribution is 7.46. The van der Waals surface area contributed by atoms with Crippen LogP contribution in [-0.4, -0.2) is 74.7 Å². The van der Waals surface area contributed by atoms with E-state index in [2.05, 4.69) is 4.52 Å². The molecule has 0 aliphatic carbocycles. The van der Waals surface area contributed by atoms with Crippen molar-refractivity contribution in [1.29, 1.82) is 0 Å². The largest absolute Gasteiger partial charge is 0.471 e. The summed E-state index contributed by atoms with van der Waals surface area (Å²) in [5, 5.41) is 1.65. The number of carbonyl (C=O) groups is 1. The Morgan fingerprint density at radius 1 is 0.913 bits per heavy atom. The van der Waals surface area contributed by atoms with Gasteiger partial charge in [-0.2, -0.15) is 13.2 Å². The quantitative estimate of drug-likeness (QED) is 0.302. The fraction of sp³-hybridized carbons (Fsp3) is 0.900. The minimum atomic E-state index is -4.90. The van der Waals surface area contributed by atoms with Crippen LogP contribution in [0.4, 0.5) is 13.2 Å². The van der Waals surface area contributed by atoms with Crippen LogP contribution < -0.4 is 5.32 Å². The van der Waals surface area contributed by atoms with Gasteiger partial charge in [0.05, 0.1) is 46.2 Å². The minimum absolute atomic E-state index is 0.0100. The van der Waals surface area contributed by atoms with E-state index in [1.54, 1.807) is 5.32 Å². The highest BCUT2D eigenvalue weighted by Gasteiger charge is 2.38. The molecule has 0 aliphatic rings. The van der Waals surface area contributed by atoms with E-state index in [0.717, 1.165) is 0 Å². The molecule has 0 aromatic carbocycles. The predicted octanol–water partition coefficient (Wildman–Crippen LogP) is -0.176. The third-order valence-corrected chi connectivity index (χ3v) is 2.54. The van der Waals surface area contributed by atoms with Gasteiger partial charge in [-0.15, -0.1) is 0 Å². The second-order valence-corrected chi connectivity index (χ2v) is 5.15. The molecule has 0 atom stereocenters. The van der Waals surface area contributed by atoms with E-state index in [4.69, 9.17) is 24.0 Å². The molecule has 9 nitrogen and oxygen atoms in total. The van der Waals surface area contributed by atoms with Crippen molar-refractivity contribution in [2.75, 3.05) is 52.8 Å². The molecule has 138 valence electrons. The topological polar surface area (TPSA) is 124 Å². The Morgan fingerprint density at radius 2 is 1.35 bits per heavy atom. The van der Waals surface area contributed by atoms with E-state index >= 15 is 0 Å². The van der Waals surface area contributed by atoms with Gasteiger partial charge in [-0.05, 0) is 0 Å². The van der Waals surface area contributed by atoms with Crippen LogP contribution in [0, 0.1) is 0 Å². The first-order chi connectivity index (χ1) is 10.6. The number of phosphoric acid groups is 1. The molecule has 0 radical (unpaired) electrons. The molecule has 0 heterocycles. The summed E-state index contributed by atoms with van der Waals surface area (Å²) in [6, 6.07) is 0. The molecule has 0 rings (SSSR count). The fourth-order valence-corrected chi connectivity index (χ4v) is 1.41. The van der Waals surface area contributed by atoms with Crippen molar-refractivity contribution in [2.24, 2.45) is 0 Å². The summed E-state index contributed by atoms with van der Waals surface area (Å²) in [6.45, 7) is 0.0678. The molecular weight excluding hydrogens is 350 g/mol. The fourth-order valence-electron chi connectivity index (χ4n) is 1.09. The maximum Gasteiger partial charge on any atom is 0.471 e. The molecule has 0 saturated heterocycles. The van der Waals surface area contributed by atoms with E-state index in [9.17, 15) is 22.5 Å². The Morgan fingerprint density at radius 3 is 1.78 bits per heavy atom. The van der Waals surface area contributed by atoms with Crippen molar-refractivity contribution >= 4 is 13.7 Å². The molecule has 0 unspecified atom stereocenters. The lowest BCUT2D eigenvalue weighted by atomic mass is 10.5. The van der Waals surface area contributed by atoms with Crippen molar-refractivity contribution in [3.8, 4) is 0 Å². The zero-order valence-corrected chi connectivity index (χ0v) is 13.0. The molecular formula is C10H19F3NO8P. The lowest BCUT2D eigenvalue weighted by molar-refractivity contribution is -0.173. The number of hydrogen-bond acceptors (Lipinski definition) is 6. The Labute approximate surface area is 130 Å². The molecule has 0 bridgehead atoms. The smallest absolute Gasteiger partial charge is 0.377 e. The van der Waals surface area contributed by atoms with Crippen LogP contribution in [0.2, 0.25) is 0 Å². The van der Waals surface area contributed by atoms with Crippen molar-refractivity contribution in [3.05, 3.63) is 0 Å². The second-order valence-electron chi connectivity index (χ2n) is 3.91. The molecule has 13 heteroatoms. The number of hydrogen-bond donors (Lipinski definition) is 3. The summed E-state index contributed by atoms with van der Waals surface area (Å²) in [6.07, 6.45) is -4.90. The molecule has 0 spiro atoms. The zero-order valence-electron chi connectivity index (χ0n) is 12.1. The van der Waals surface area contributed by atoms with Gasteiger partial charge in [-0.1, -0.05) is 0 Å². The molecule has 0 aromatic heterocycles. The Balaban J connectivity index is 3.23. The minimum Gasteiger partial charge on any atom is -0.377 e. The first kappa shape index (κ1) is 22.2. The number of alkyl halides is 3. The summed E-state index contributed by atoms with van der Waals surface area (Å²) in [5.74, 6) is -2.02. The number of amides is 1.